The third-order valence-corrected chi connectivity index (χ3v) is 14.3. The van der Waals surface area contributed by atoms with Crippen LogP contribution in [-0.4, -0.2) is 37.2 Å². The van der Waals surface area contributed by atoms with Gasteiger partial charge >= 0.3 is 17.9 Å². The number of esters is 3. The van der Waals surface area contributed by atoms with Gasteiger partial charge in [0.15, 0.2) is 6.10 Å². The van der Waals surface area contributed by atoms with Gasteiger partial charge in [0.2, 0.25) is 0 Å². The van der Waals surface area contributed by atoms with Crippen molar-refractivity contribution in [2.24, 2.45) is 0 Å². The van der Waals surface area contributed by atoms with Crippen molar-refractivity contribution in [3.63, 3.8) is 0 Å². The van der Waals surface area contributed by atoms with Crippen molar-refractivity contribution in [2.75, 3.05) is 13.2 Å². The number of hydrogen-bond donors (Lipinski definition) is 0. The number of hydrogen-bond acceptors (Lipinski definition) is 6. The molecule has 0 aromatic carbocycles. The molecule has 0 aliphatic rings. The molecule has 6 nitrogen and oxygen atoms in total. The summed E-state index contributed by atoms with van der Waals surface area (Å²) in [4.78, 5) is 38.3. The van der Waals surface area contributed by atoms with Gasteiger partial charge in [0.05, 0.1) is 0 Å². The fourth-order valence-electron chi connectivity index (χ4n) is 9.56. The molecule has 6 heteroatoms. The SMILES string of the molecule is CC/C=C\C/C=C\C/C=C\C/C=C\CCCCCCCCCCCCC(=O)OCC(COC(=O)CCCCCCCCCCCCCCCCC)OC(=O)CCCCCCCCCCCCCCCCCCC. The average molecular weight is 1020 g/mol. The first-order valence-corrected chi connectivity index (χ1v) is 32.1. The summed E-state index contributed by atoms with van der Waals surface area (Å²) in [7, 11) is 0. The second-order valence-corrected chi connectivity index (χ2v) is 21.7. The van der Waals surface area contributed by atoms with E-state index in [4.69, 9.17) is 14.2 Å². The average Bonchev–Trinajstić information content (AvgIpc) is 3.39. The monoisotopic (exact) mass is 1020 g/mol. The molecule has 426 valence electrons. The van der Waals surface area contributed by atoms with Crippen molar-refractivity contribution < 1.29 is 28.6 Å². The van der Waals surface area contributed by atoms with Crippen LogP contribution in [0.3, 0.4) is 0 Å². The lowest BCUT2D eigenvalue weighted by molar-refractivity contribution is -0.167. The molecule has 1 atom stereocenters. The van der Waals surface area contributed by atoms with Gasteiger partial charge in [-0.1, -0.05) is 313 Å². The number of carbonyl (C=O) groups excluding carboxylic acids is 3. The Morgan fingerprint density at radius 1 is 0.288 bits per heavy atom. The van der Waals surface area contributed by atoms with Crippen LogP contribution in [-0.2, 0) is 28.6 Å². The van der Waals surface area contributed by atoms with Crippen LogP contribution in [0.1, 0.15) is 342 Å². The van der Waals surface area contributed by atoms with Crippen LogP contribution in [0.25, 0.3) is 0 Å². The van der Waals surface area contributed by atoms with Crippen molar-refractivity contribution in [3.05, 3.63) is 48.6 Å². The Labute approximate surface area is 454 Å². The van der Waals surface area contributed by atoms with Gasteiger partial charge < -0.3 is 14.2 Å². The quantitative estimate of drug-likeness (QED) is 0.0261. The Hall–Kier alpha value is -2.63. The van der Waals surface area contributed by atoms with E-state index in [1.54, 1.807) is 0 Å². The standard InChI is InChI=1S/C67H122O6/c1-4-7-10-13-16-19-22-25-28-30-31-32-33-34-35-37-39-42-45-48-51-54-57-60-66(69)72-63-64(62-71-65(68)59-56-53-50-47-44-41-38-27-24-21-18-15-12-9-6-3)73-67(70)61-58-55-52-49-46-43-40-36-29-26-23-20-17-14-11-8-5-2/h7,10,16,19,25,28,31-32,64H,4-6,8-9,11-15,17-18,20-24,26-27,29-30,33-63H2,1-3H3/b10-7-,19-16-,28-25-,32-31-. The first-order valence-electron chi connectivity index (χ1n) is 32.1. The topological polar surface area (TPSA) is 78.9 Å². The Morgan fingerprint density at radius 2 is 0.534 bits per heavy atom. The summed E-state index contributed by atoms with van der Waals surface area (Å²) >= 11 is 0. The minimum absolute atomic E-state index is 0.0685. The molecule has 1 unspecified atom stereocenters. The van der Waals surface area contributed by atoms with Crippen LogP contribution in [0.15, 0.2) is 48.6 Å². The van der Waals surface area contributed by atoms with E-state index < -0.39 is 6.10 Å². The van der Waals surface area contributed by atoms with Gasteiger partial charge in [-0.3, -0.25) is 14.4 Å². The Balaban J connectivity index is 4.30. The Bertz CT molecular complexity index is 1270. The summed E-state index contributed by atoms with van der Waals surface area (Å²) in [5.74, 6) is -0.848. The van der Waals surface area contributed by atoms with Crippen molar-refractivity contribution in [3.8, 4) is 0 Å². The van der Waals surface area contributed by atoms with Gasteiger partial charge in [-0.2, -0.15) is 0 Å². The fourth-order valence-corrected chi connectivity index (χ4v) is 9.56. The molecular weight excluding hydrogens is 901 g/mol. The van der Waals surface area contributed by atoms with E-state index >= 15 is 0 Å². The van der Waals surface area contributed by atoms with Crippen molar-refractivity contribution in [1.82, 2.24) is 0 Å². The zero-order valence-corrected chi connectivity index (χ0v) is 48.9. The second-order valence-electron chi connectivity index (χ2n) is 21.7. The van der Waals surface area contributed by atoms with Gasteiger partial charge in [0.25, 0.3) is 0 Å². The lowest BCUT2D eigenvalue weighted by Crippen LogP contribution is -2.30. The maximum Gasteiger partial charge on any atom is 0.306 e. The van der Waals surface area contributed by atoms with E-state index in [2.05, 4.69) is 69.4 Å². The molecule has 0 saturated heterocycles. The van der Waals surface area contributed by atoms with Gasteiger partial charge in [-0.05, 0) is 57.8 Å². The van der Waals surface area contributed by atoms with E-state index in [1.165, 1.54) is 218 Å². The minimum atomic E-state index is -0.771. The van der Waals surface area contributed by atoms with Crippen LogP contribution in [0, 0.1) is 0 Å². The maximum atomic E-state index is 12.9. The normalized spacial score (nSPS) is 12.3. The fraction of sp³-hybridized carbons (Fsp3) is 0.836. The summed E-state index contributed by atoms with van der Waals surface area (Å²) in [6.07, 6.45) is 76.8. The van der Waals surface area contributed by atoms with Crippen molar-refractivity contribution >= 4 is 17.9 Å². The molecule has 0 radical (unpaired) electrons. The molecule has 0 bridgehead atoms. The summed E-state index contributed by atoms with van der Waals surface area (Å²) in [6.45, 7) is 6.59. The molecule has 0 aromatic rings. The predicted molar refractivity (Wildman–Crippen MR) is 316 cm³/mol. The van der Waals surface area contributed by atoms with Crippen LogP contribution in [0.4, 0.5) is 0 Å². The van der Waals surface area contributed by atoms with Gasteiger partial charge in [-0.15, -0.1) is 0 Å². The zero-order valence-electron chi connectivity index (χ0n) is 48.9. The molecule has 0 heterocycles. The zero-order chi connectivity index (χ0) is 52.9. The second kappa shape index (κ2) is 61.9. The summed E-state index contributed by atoms with van der Waals surface area (Å²) in [6, 6.07) is 0. The highest BCUT2D eigenvalue weighted by Gasteiger charge is 2.19. The lowest BCUT2D eigenvalue weighted by atomic mass is 10.0. The molecule has 0 aromatic heterocycles. The van der Waals surface area contributed by atoms with E-state index in [-0.39, 0.29) is 31.1 Å². The van der Waals surface area contributed by atoms with Gasteiger partial charge in [-0.25, -0.2) is 0 Å². The largest absolute Gasteiger partial charge is 0.462 e. The molecule has 0 aliphatic heterocycles. The number of ether oxygens (including phenoxy) is 3. The van der Waals surface area contributed by atoms with E-state index in [9.17, 15) is 14.4 Å². The first-order chi connectivity index (χ1) is 36.0. The number of carbonyl (C=O) groups is 3. The number of unbranched alkanes of at least 4 members (excludes halogenated alkanes) is 40. The highest BCUT2D eigenvalue weighted by molar-refractivity contribution is 5.71. The molecule has 0 saturated carbocycles. The molecule has 0 amide bonds. The van der Waals surface area contributed by atoms with Crippen LogP contribution >= 0.6 is 0 Å². The molecule has 73 heavy (non-hydrogen) atoms. The summed E-state index contributed by atoms with van der Waals surface area (Å²) in [5, 5.41) is 0. The molecule has 0 spiro atoms. The van der Waals surface area contributed by atoms with Crippen LogP contribution < -0.4 is 0 Å². The molecule has 0 rings (SSSR count). The lowest BCUT2D eigenvalue weighted by Gasteiger charge is -2.18. The van der Waals surface area contributed by atoms with Crippen molar-refractivity contribution in [2.45, 2.75) is 348 Å². The third kappa shape index (κ3) is 60.1. The van der Waals surface area contributed by atoms with Crippen molar-refractivity contribution in [1.29, 1.82) is 0 Å². The Morgan fingerprint density at radius 3 is 0.836 bits per heavy atom. The first kappa shape index (κ1) is 70.4. The molecule has 0 fully saturated rings. The molecular formula is C67H122O6. The summed E-state index contributed by atoms with van der Waals surface area (Å²) < 4.78 is 17.0. The van der Waals surface area contributed by atoms with Crippen LogP contribution in [0.2, 0.25) is 0 Å². The molecule has 0 N–H and O–H groups in total. The smallest absolute Gasteiger partial charge is 0.306 e. The Kier molecular flexibility index (Phi) is 59.7. The van der Waals surface area contributed by atoms with Crippen LogP contribution in [0.5, 0.6) is 0 Å². The van der Waals surface area contributed by atoms with E-state index in [0.717, 1.165) is 83.5 Å². The minimum Gasteiger partial charge on any atom is -0.462 e. The number of rotatable bonds is 59. The van der Waals surface area contributed by atoms with E-state index in [1.807, 2.05) is 0 Å². The summed E-state index contributed by atoms with van der Waals surface area (Å²) in [5.41, 5.74) is 0. The predicted octanol–water partition coefficient (Wildman–Crippen LogP) is 21.8. The van der Waals surface area contributed by atoms with Gasteiger partial charge in [0.1, 0.15) is 13.2 Å². The number of allylic oxidation sites excluding steroid dienone is 8. The highest BCUT2D eigenvalue weighted by atomic mass is 16.6. The highest BCUT2D eigenvalue weighted by Crippen LogP contribution is 2.18. The van der Waals surface area contributed by atoms with Gasteiger partial charge in [0, 0.05) is 19.3 Å². The third-order valence-electron chi connectivity index (χ3n) is 14.3. The molecule has 0 aliphatic carbocycles. The maximum absolute atomic E-state index is 12.9. The van der Waals surface area contributed by atoms with E-state index in [0.29, 0.717) is 19.3 Å².